The highest BCUT2D eigenvalue weighted by molar-refractivity contribution is 9.10. The van der Waals surface area contributed by atoms with Gasteiger partial charge in [-0.2, -0.15) is 5.10 Å². The summed E-state index contributed by atoms with van der Waals surface area (Å²) in [4.78, 5) is 12.7. The van der Waals surface area contributed by atoms with Crippen molar-refractivity contribution in [3.63, 3.8) is 0 Å². The molecule has 34 heavy (non-hydrogen) atoms. The second-order valence-corrected chi connectivity index (χ2v) is 8.89. The number of nitrogens with zero attached hydrogens (tertiary/aromatic N) is 2. The van der Waals surface area contributed by atoms with Crippen LogP contribution in [-0.4, -0.2) is 15.7 Å². The van der Waals surface area contributed by atoms with Gasteiger partial charge in [0.25, 0.3) is 5.91 Å². The van der Waals surface area contributed by atoms with Crippen molar-refractivity contribution in [3.05, 3.63) is 112 Å². The summed E-state index contributed by atoms with van der Waals surface area (Å²) in [6.45, 7) is 0.687. The number of rotatable bonds is 7. The van der Waals surface area contributed by atoms with Crippen LogP contribution in [0.3, 0.4) is 0 Å². The molecule has 0 unspecified atom stereocenters. The van der Waals surface area contributed by atoms with Gasteiger partial charge in [0.2, 0.25) is 0 Å². The molecule has 8 heteroatoms. The zero-order valence-corrected chi connectivity index (χ0v) is 20.2. The lowest BCUT2D eigenvalue weighted by atomic mass is 10.1. The summed E-state index contributed by atoms with van der Waals surface area (Å²) < 4.78 is 13.9. The van der Waals surface area contributed by atoms with Crippen LogP contribution in [0, 0.1) is 0 Å². The largest absolute Gasteiger partial charge is 0.486 e. The summed E-state index contributed by atoms with van der Waals surface area (Å²) in [6.07, 6.45) is 1.78. The quantitative estimate of drug-likeness (QED) is 0.245. The lowest BCUT2D eigenvalue weighted by Gasteiger charge is -2.06. The molecule has 1 N–H and O–H groups in total. The molecular weight excluding hydrogens is 518 g/mol. The van der Waals surface area contributed by atoms with Crippen molar-refractivity contribution in [1.82, 2.24) is 9.78 Å². The number of furan rings is 1. The lowest BCUT2D eigenvalue weighted by molar-refractivity contribution is 0.0992. The average Bonchev–Trinajstić information content (AvgIpc) is 3.46. The molecule has 0 aliphatic heterocycles. The maximum Gasteiger partial charge on any atom is 0.292 e. The number of ether oxygens (including phenoxy) is 1. The molecule has 1 amide bonds. The van der Waals surface area contributed by atoms with E-state index in [0.717, 1.165) is 22.1 Å². The number of carbonyl (C=O) groups is 1. The zero-order chi connectivity index (χ0) is 23.5. The van der Waals surface area contributed by atoms with E-state index in [0.29, 0.717) is 27.6 Å². The van der Waals surface area contributed by atoms with Crippen LogP contribution in [0.2, 0.25) is 5.02 Å². The van der Waals surface area contributed by atoms with Crippen molar-refractivity contribution in [3.8, 4) is 5.75 Å². The Labute approximate surface area is 209 Å². The molecule has 5 rings (SSSR count). The van der Waals surface area contributed by atoms with E-state index >= 15 is 0 Å². The number of hydrogen-bond acceptors (Lipinski definition) is 4. The third-order valence-electron chi connectivity index (χ3n) is 5.23. The maximum atomic E-state index is 12.7. The first-order valence-electron chi connectivity index (χ1n) is 10.5. The fourth-order valence-corrected chi connectivity index (χ4v) is 4.13. The van der Waals surface area contributed by atoms with Crippen LogP contribution in [0.4, 0.5) is 5.82 Å². The van der Waals surface area contributed by atoms with E-state index in [-0.39, 0.29) is 12.4 Å². The van der Waals surface area contributed by atoms with E-state index in [1.54, 1.807) is 23.0 Å². The van der Waals surface area contributed by atoms with Crippen molar-refractivity contribution < 1.29 is 13.9 Å². The van der Waals surface area contributed by atoms with Crippen LogP contribution in [0.25, 0.3) is 10.8 Å². The minimum atomic E-state index is -0.402. The first-order chi connectivity index (χ1) is 16.5. The minimum Gasteiger partial charge on any atom is -0.486 e. The van der Waals surface area contributed by atoms with E-state index in [1.807, 2.05) is 60.7 Å². The summed E-state index contributed by atoms with van der Waals surface area (Å²) in [6, 6.07) is 24.9. The molecule has 0 saturated carbocycles. The monoisotopic (exact) mass is 535 g/mol. The molecule has 3 aromatic carbocycles. The van der Waals surface area contributed by atoms with Crippen LogP contribution in [-0.2, 0) is 13.2 Å². The number of fused-ring (bicyclic) bond motifs is 1. The van der Waals surface area contributed by atoms with Crippen molar-refractivity contribution in [2.75, 3.05) is 5.32 Å². The molecule has 5 aromatic rings. The highest BCUT2D eigenvalue weighted by atomic mass is 79.9. The van der Waals surface area contributed by atoms with Gasteiger partial charge < -0.3 is 14.5 Å². The number of hydrogen-bond donors (Lipinski definition) is 1. The summed E-state index contributed by atoms with van der Waals surface area (Å²) >= 11 is 9.67. The number of anilines is 1. The molecule has 170 valence electrons. The van der Waals surface area contributed by atoms with Crippen LogP contribution in [0.1, 0.15) is 21.9 Å². The maximum absolute atomic E-state index is 12.7. The number of halogens is 2. The summed E-state index contributed by atoms with van der Waals surface area (Å²) in [5.74, 6) is 1.43. The smallest absolute Gasteiger partial charge is 0.292 e. The SMILES string of the molecule is O=C(Nc1nn(Cc2ccccc2Cl)cc1Br)c1ccc(COc2ccc3ccccc3c2)o1. The molecule has 6 nitrogen and oxygen atoms in total. The molecule has 2 heterocycles. The van der Waals surface area contributed by atoms with Crippen molar-refractivity contribution in [2.45, 2.75) is 13.2 Å². The lowest BCUT2D eigenvalue weighted by Crippen LogP contribution is -2.12. The Kier molecular flexibility index (Phi) is 6.38. The van der Waals surface area contributed by atoms with Crippen LogP contribution in [0.15, 0.2) is 93.9 Å². The Bertz CT molecular complexity index is 1480. The van der Waals surface area contributed by atoms with Gasteiger partial charge in [-0.15, -0.1) is 0 Å². The van der Waals surface area contributed by atoms with Crippen LogP contribution in [0.5, 0.6) is 5.75 Å². The molecule has 0 spiro atoms. The molecule has 0 bridgehead atoms. The summed E-state index contributed by atoms with van der Waals surface area (Å²) in [7, 11) is 0. The molecule has 0 aliphatic carbocycles. The van der Waals surface area contributed by atoms with Gasteiger partial charge in [0.15, 0.2) is 11.6 Å². The van der Waals surface area contributed by atoms with Crippen molar-refractivity contribution in [1.29, 1.82) is 0 Å². The standard InChI is InChI=1S/C26H19BrClN3O3/c27-22-15-31(14-19-7-3-4-8-23(19)28)30-25(22)29-26(32)24-12-11-21(34-24)16-33-20-10-9-17-5-1-2-6-18(17)13-20/h1-13,15H,14,16H2,(H,29,30,32). The predicted molar refractivity (Wildman–Crippen MR) is 135 cm³/mol. The molecule has 0 aliphatic rings. The van der Waals surface area contributed by atoms with Crippen molar-refractivity contribution >= 4 is 50.0 Å². The Morgan fingerprint density at radius 1 is 1.03 bits per heavy atom. The Balaban J connectivity index is 1.21. The zero-order valence-electron chi connectivity index (χ0n) is 17.9. The van der Waals surface area contributed by atoms with E-state index < -0.39 is 5.91 Å². The van der Waals surface area contributed by atoms with Gasteiger partial charge in [0, 0.05) is 11.2 Å². The Morgan fingerprint density at radius 2 is 1.82 bits per heavy atom. The Morgan fingerprint density at radius 3 is 2.68 bits per heavy atom. The molecule has 0 fully saturated rings. The summed E-state index contributed by atoms with van der Waals surface area (Å²) in [5, 5.41) is 10.1. The number of aromatic nitrogens is 2. The number of nitrogens with one attached hydrogen (secondary N) is 1. The fraction of sp³-hybridized carbons (Fsp3) is 0.0769. The average molecular weight is 537 g/mol. The first-order valence-corrected chi connectivity index (χ1v) is 11.7. The summed E-state index contributed by atoms with van der Waals surface area (Å²) in [5.41, 5.74) is 0.930. The number of carbonyl (C=O) groups excluding carboxylic acids is 1. The highest BCUT2D eigenvalue weighted by Crippen LogP contribution is 2.24. The fourth-order valence-electron chi connectivity index (χ4n) is 3.52. The minimum absolute atomic E-state index is 0.171. The van der Waals surface area contributed by atoms with Gasteiger partial charge in [-0.1, -0.05) is 60.1 Å². The van der Waals surface area contributed by atoms with Gasteiger partial charge in [-0.05, 0) is 62.6 Å². The van der Waals surface area contributed by atoms with Crippen LogP contribution >= 0.6 is 27.5 Å². The Hall–Kier alpha value is -3.55. The number of benzene rings is 3. The normalized spacial score (nSPS) is 11.0. The number of amides is 1. The third kappa shape index (κ3) is 5.00. The van der Waals surface area contributed by atoms with Gasteiger partial charge in [-0.25, -0.2) is 0 Å². The second kappa shape index (κ2) is 9.75. The van der Waals surface area contributed by atoms with E-state index in [9.17, 15) is 4.79 Å². The van der Waals surface area contributed by atoms with E-state index in [4.69, 9.17) is 20.8 Å². The van der Waals surface area contributed by atoms with Gasteiger partial charge in [0.05, 0.1) is 11.0 Å². The molecule has 0 atom stereocenters. The van der Waals surface area contributed by atoms with E-state index in [2.05, 4.69) is 32.4 Å². The molecule has 2 aromatic heterocycles. The topological polar surface area (TPSA) is 69.3 Å². The van der Waals surface area contributed by atoms with Crippen molar-refractivity contribution in [2.24, 2.45) is 0 Å². The van der Waals surface area contributed by atoms with Gasteiger partial charge in [-0.3, -0.25) is 9.48 Å². The van der Waals surface area contributed by atoms with Gasteiger partial charge in [0.1, 0.15) is 18.1 Å². The van der Waals surface area contributed by atoms with E-state index in [1.165, 1.54) is 0 Å². The highest BCUT2D eigenvalue weighted by Gasteiger charge is 2.16. The van der Waals surface area contributed by atoms with Gasteiger partial charge >= 0.3 is 0 Å². The second-order valence-electron chi connectivity index (χ2n) is 7.63. The first kappa shape index (κ1) is 22.3. The molecule has 0 saturated heterocycles. The third-order valence-corrected chi connectivity index (χ3v) is 6.18. The molecule has 0 radical (unpaired) electrons. The molecular formula is C26H19BrClN3O3. The predicted octanol–water partition coefficient (Wildman–Crippen LogP) is 6.92. The van der Waals surface area contributed by atoms with Crippen LogP contribution < -0.4 is 10.1 Å².